The highest BCUT2D eigenvalue weighted by Gasteiger charge is 2.06. The van der Waals surface area contributed by atoms with Crippen LogP contribution < -0.4 is 5.32 Å². The number of nitrogens with one attached hydrogen (secondary N) is 1. The van der Waals surface area contributed by atoms with E-state index in [2.05, 4.69) is 21.2 Å². The van der Waals surface area contributed by atoms with Gasteiger partial charge in [0.1, 0.15) is 16.2 Å². The van der Waals surface area contributed by atoms with E-state index in [0.29, 0.717) is 16.6 Å². The molecule has 0 atom stereocenters. The molecule has 0 bridgehead atoms. The molecule has 0 aliphatic rings. The Kier molecular flexibility index (Phi) is 4.23. The van der Waals surface area contributed by atoms with Crippen molar-refractivity contribution in [3.63, 3.8) is 0 Å². The van der Waals surface area contributed by atoms with Crippen molar-refractivity contribution < 1.29 is 4.39 Å². The molecule has 0 amide bonds. The number of nitrogens with zero attached hydrogens (tertiary/aromatic N) is 1. The fourth-order valence-corrected chi connectivity index (χ4v) is 3.12. The molecule has 0 radical (unpaired) electrons. The number of thiophene rings is 1. The molecule has 1 heterocycles. The molecule has 0 fully saturated rings. The van der Waals surface area contributed by atoms with Crippen molar-refractivity contribution in [2.24, 2.45) is 0 Å². The van der Waals surface area contributed by atoms with E-state index < -0.39 is 5.82 Å². The van der Waals surface area contributed by atoms with Crippen LogP contribution in [0.1, 0.15) is 10.4 Å². The van der Waals surface area contributed by atoms with Crippen LogP contribution in [0.25, 0.3) is 0 Å². The first-order valence-electron chi connectivity index (χ1n) is 4.97. The summed E-state index contributed by atoms with van der Waals surface area (Å²) in [4.78, 5) is 1.05. The van der Waals surface area contributed by atoms with E-state index in [4.69, 9.17) is 16.9 Å². The summed E-state index contributed by atoms with van der Waals surface area (Å²) >= 11 is 10.7. The second-order valence-electron chi connectivity index (χ2n) is 3.49. The standard InChI is InChI=1S/C12H7BrClFN2S/c13-10-4-9(18-12(10)14)6-17-8-1-2-11(15)7(3-8)5-16/h1-4,17H,6H2. The summed E-state index contributed by atoms with van der Waals surface area (Å²) in [5, 5.41) is 11.8. The maximum absolute atomic E-state index is 13.1. The molecule has 1 N–H and O–H groups in total. The normalized spacial score (nSPS) is 10.1. The van der Waals surface area contributed by atoms with Gasteiger partial charge in [0.15, 0.2) is 0 Å². The number of hydrogen-bond acceptors (Lipinski definition) is 3. The number of anilines is 1. The lowest BCUT2D eigenvalue weighted by Gasteiger charge is -2.05. The first kappa shape index (κ1) is 13.3. The lowest BCUT2D eigenvalue weighted by molar-refractivity contribution is 0.624. The highest BCUT2D eigenvalue weighted by Crippen LogP contribution is 2.32. The average molecular weight is 346 g/mol. The molecule has 2 aromatic rings. The molecule has 92 valence electrons. The quantitative estimate of drug-likeness (QED) is 0.868. The molecule has 0 saturated carbocycles. The van der Waals surface area contributed by atoms with Crippen LogP contribution in [0.2, 0.25) is 4.34 Å². The van der Waals surface area contributed by atoms with Gasteiger partial charge in [-0.2, -0.15) is 5.26 Å². The molecular weight excluding hydrogens is 339 g/mol. The van der Waals surface area contributed by atoms with Crippen molar-refractivity contribution in [3.05, 3.63) is 49.3 Å². The van der Waals surface area contributed by atoms with Gasteiger partial charge in [-0.25, -0.2) is 4.39 Å². The van der Waals surface area contributed by atoms with Gasteiger partial charge >= 0.3 is 0 Å². The molecule has 0 unspecified atom stereocenters. The molecule has 1 aromatic heterocycles. The highest BCUT2D eigenvalue weighted by molar-refractivity contribution is 9.10. The number of nitriles is 1. The first-order chi connectivity index (χ1) is 8.60. The lowest BCUT2D eigenvalue weighted by atomic mass is 10.2. The Labute approximate surface area is 121 Å². The first-order valence-corrected chi connectivity index (χ1v) is 6.96. The zero-order valence-corrected chi connectivity index (χ0v) is 12.2. The Balaban J connectivity index is 2.09. The Bertz CT molecular complexity index is 602. The second kappa shape index (κ2) is 5.70. The van der Waals surface area contributed by atoms with Gasteiger partial charge < -0.3 is 5.32 Å². The second-order valence-corrected chi connectivity index (χ2v) is 6.09. The molecule has 2 nitrogen and oxygen atoms in total. The van der Waals surface area contributed by atoms with Crippen LogP contribution >= 0.6 is 38.9 Å². The van der Waals surface area contributed by atoms with Crippen LogP contribution in [-0.2, 0) is 6.54 Å². The van der Waals surface area contributed by atoms with E-state index in [1.807, 2.05) is 6.07 Å². The van der Waals surface area contributed by atoms with Gasteiger partial charge in [0.2, 0.25) is 0 Å². The van der Waals surface area contributed by atoms with Gasteiger partial charge in [0.05, 0.1) is 5.56 Å². The Hall–Kier alpha value is -1.09. The van der Waals surface area contributed by atoms with Crippen molar-refractivity contribution in [1.29, 1.82) is 5.26 Å². The minimum absolute atomic E-state index is 0.0328. The predicted molar refractivity (Wildman–Crippen MR) is 75.5 cm³/mol. The number of hydrogen-bond donors (Lipinski definition) is 1. The zero-order valence-electron chi connectivity index (χ0n) is 9.01. The molecule has 6 heteroatoms. The minimum atomic E-state index is -0.509. The highest BCUT2D eigenvalue weighted by atomic mass is 79.9. The minimum Gasteiger partial charge on any atom is -0.380 e. The SMILES string of the molecule is N#Cc1cc(NCc2cc(Br)c(Cl)s2)ccc1F. The summed E-state index contributed by atoms with van der Waals surface area (Å²) in [5.41, 5.74) is 0.735. The van der Waals surface area contributed by atoms with Gasteiger partial charge in [-0.3, -0.25) is 0 Å². The summed E-state index contributed by atoms with van der Waals surface area (Å²) in [6.45, 7) is 0.576. The smallest absolute Gasteiger partial charge is 0.141 e. The third kappa shape index (κ3) is 3.02. The van der Waals surface area contributed by atoms with E-state index >= 15 is 0 Å². The van der Waals surface area contributed by atoms with Crippen LogP contribution in [0.3, 0.4) is 0 Å². The predicted octanol–water partition coefficient (Wildman–Crippen LogP) is 4.79. The lowest BCUT2D eigenvalue weighted by Crippen LogP contribution is -1.98. The van der Waals surface area contributed by atoms with Gasteiger partial charge in [-0.05, 0) is 40.2 Å². The molecular formula is C12H7BrClFN2S. The van der Waals surface area contributed by atoms with Gasteiger partial charge in [0.25, 0.3) is 0 Å². The average Bonchev–Trinajstić information content (AvgIpc) is 2.68. The molecule has 0 aliphatic carbocycles. The van der Waals surface area contributed by atoms with Crippen LogP contribution in [0.5, 0.6) is 0 Å². The summed E-state index contributed by atoms with van der Waals surface area (Å²) in [6.07, 6.45) is 0. The van der Waals surface area contributed by atoms with Crippen LogP contribution in [-0.4, -0.2) is 0 Å². The Morgan fingerprint density at radius 1 is 1.44 bits per heavy atom. The van der Waals surface area contributed by atoms with Crippen LogP contribution in [0.4, 0.5) is 10.1 Å². The summed E-state index contributed by atoms with van der Waals surface area (Å²) in [7, 11) is 0. The fourth-order valence-electron chi connectivity index (χ4n) is 1.39. The summed E-state index contributed by atoms with van der Waals surface area (Å²) < 4.78 is 14.7. The molecule has 0 saturated heterocycles. The van der Waals surface area contributed by atoms with Crippen molar-refractivity contribution in [2.45, 2.75) is 6.54 Å². The molecule has 2 rings (SSSR count). The van der Waals surface area contributed by atoms with Crippen molar-refractivity contribution in [2.75, 3.05) is 5.32 Å². The van der Waals surface area contributed by atoms with E-state index in [9.17, 15) is 4.39 Å². The Morgan fingerprint density at radius 2 is 2.22 bits per heavy atom. The van der Waals surface area contributed by atoms with Gasteiger partial charge in [-0.15, -0.1) is 11.3 Å². The van der Waals surface area contributed by atoms with Crippen molar-refractivity contribution >= 4 is 44.6 Å². The number of rotatable bonds is 3. The fraction of sp³-hybridized carbons (Fsp3) is 0.0833. The summed E-state index contributed by atoms with van der Waals surface area (Å²) in [5.74, 6) is -0.509. The van der Waals surface area contributed by atoms with E-state index in [1.54, 1.807) is 12.1 Å². The summed E-state index contributed by atoms with van der Waals surface area (Å²) in [6, 6.07) is 8.09. The van der Waals surface area contributed by atoms with E-state index in [1.165, 1.54) is 23.5 Å². The topological polar surface area (TPSA) is 35.8 Å². The maximum Gasteiger partial charge on any atom is 0.141 e. The van der Waals surface area contributed by atoms with Gasteiger partial charge in [-0.1, -0.05) is 11.6 Å². The van der Waals surface area contributed by atoms with Crippen molar-refractivity contribution in [1.82, 2.24) is 0 Å². The number of halogens is 3. The van der Waals surface area contributed by atoms with E-state index in [0.717, 1.165) is 9.35 Å². The third-order valence-corrected chi connectivity index (χ3v) is 4.72. The zero-order chi connectivity index (χ0) is 13.1. The molecule has 18 heavy (non-hydrogen) atoms. The Morgan fingerprint density at radius 3 is 2.83 bits per heavy atom. The van der Waals surface area contributed by atoms with Crippen molar-refractivity contribution in [3.8, 4) is 6.07 Å². The molecule has 0 spiro atoms. The van der Waals surface area contributed by atoms with Gasteiger partial charge in [0, 0.05) is 21.6 Å². The van der Waals surface area contributed by atoms with Crippen LogP contribution in [0, 0.1) is 17.1 Å². The van der Waals surface area contributed by atoms with Crippen LogP contribution in [0.15, 0.2) is 28.7 Å². The maximum atomic E-state index is 13.1. The van der Waals surface area contributed by atoms with E-state index in [-0.39, 0.29) is 5.56 Å². The largest absolute Gasteiger partial charge is 0.380 e. The monoisotopic (exact) mass is 344 g/mol. The number of benzene rings is 1. The molecule has 0 aliphatic heterocycles. The molecule has 1 aromatic carbocycles. The third-order valence-electron chi connectivity index (χ3n) is 2.25.